The van der Waals surface area contributed by atoms with Crippen molar-refractivity contribution >= 4 is 11.7 Å². The van der Waals surface area contributed by atoms with Crippen LogP contribution in [0.5, 0.6) is 0 Å². The van der Waals surface area contributed by atoms with E-state index in [9.17, 15) is 18.0 Å². The highest BCUT2D eigenvalue weighted by Gasteiger charge is 2.46. The highest BCUT2D eigenvalue weighted by Crippen LogP contribution is 2.35. The van der Waals surface area contributed by atoms with Crippen LogP contribution in [0.15, 0.2) is 5.16 Å². The molecule has 0 aromatic rings. The molecule has 0 spiro atoms. The molecule has 20 heavy (non-hydrogen) atoms. The smallest absolute Gasteiger partial charge is 0.393 e. The van der Waals surface area contributed by atoms with E-state index in [0.717, 1.165) is 0 Å². The number of hydrogen-bond donors (Lipinski definition) is 2. The van der Waals surface area contributed by atoms with Crippen molar-refractivity contribution in [3.63, 3.8) is 0 Å². The molecule has 1 saturated heterocycles. The third-order valence-corrected chi connectivity index (χ3v) is 4.02. The number of halogens is 3. The van der Waals surface area contributed by atoms with Gasteiger partial charge in [-0.1, -0.05) is 12.1 Å². The summed E-state index contributed by atoms with van der Waals surface area (Å²) in [6, 6.07) is 0. The Bertz CT molecular complexity index is 398. The standard InChI is InChI=1S/C12H20F3N3O2/c1-3-11(2,9(16)17-20)10(19)18-6-4-5-8(7-18)12(13,14)15/h8,20H,3-7H2,1-2H3,(H2,16,17). The molecule has 1 heterocycles. The fraction of sp³-hybridized carbons (Fsp3) is 0.833. The minimum absolute atomic E-state index is 0.0275. The molecule has 116 valence electrons. The number of oxime groups is 1. The summed E-state index contributed by atoms with van der Waals surface area (Å²) in [7, 11) is 0. The zero-order chi connectivity index (χ0) is 15.6. The fourth-order valence-electron chi connectivity index (χ4n) is 2.33. The minimum atomic E-state index is -4.31. The summed E-state index contributed by atoms with van der Waals surface area (Å²) < 4.78 is 38.3. The highest BCUT2D eigenvalue weighted by molar-refractivity contribution is 6.06. The van der Waals surface area contributed by atoms with Crippen molar-refractivity contribution in [1.29, 1.82) is 0 Å². The zero-order valence-electron chi connectivity index (χ0n) is 11.6. The first-order chi connectivity index (χ1) is 9.16. The van der Waals surface area contributed by atoms with Crippen LogP contribution >= 0.6 is 0 Å². The number of nitrogens with zero attached hydrogens (tertiary/aromatic N) is 2. The summed E-state index contributed by atoms with van der Waals surface area (Å²) >= 11 is 0. The van der Waals surface area contributed by atoms with Crippen LogP contribution in [0.3, 0.4) is 0 Å². The molecule has 1 aliphatic rings. The van der Waals surface area contributed by atoms with Gasteiger partial charge in [0, 0.05) is 13.1 Å². The maximum Gasteiger partial charge on any atom is 0.393 e. The Morgan fingerprint density at radius 1 is 1.50 bits per heavy atom. The van der Waals surface area contributed by atoms with E-state index in [1.165, 1.54) is 11.8 Å². The van der Waals surface area contributed by atoms with Gasteiger partial charge in [0.25, 0.3) is 0 Å². The van der Waals surface area contributed by atoms with Crippen molar-refractivity contribution < 1.29 is 23.2 Å². The average molecular weight is 295 g/mol. The first kappa shape index (κ1) is 16.6. The van der Waals surface area contributed by atoms with Crippen LogP contribution in [0, 0.1) is 11.3 Å². The molecule has 0 saturated carbocycles. The highest BCUT2D eigenvalue weighted by atomic mass is 19.4. The lowest BCUT2D eigenvalue weighted by molar-refractivity contribution is -0.189. The van der Waals surface area contributed by atoms with Gasteiger partial charge in [-0.25, -0.2) is 0 Å². The van der Waals surface area contributed by atoms with Gasteiger partial charge in [-0.3, -0.25) is 4.79 Å². The van der Waals surface area contributed by atoms with E-state index < -0.39 is 23.4 Å². The molecule has 0 aliphatic carbocycles. The third-order valence-electron chi connectivity index (χ3n) is 4.02. The number of piperidine rings is 1. The van der Waals surface area contributed by atoms with Crippen molar-refractivity contribution in [3.8, 4) is 0 Å². The number of carbonyl (C=O) groups is 1. The Kier molecular flexibility index (Phi) is 4.88. The van der Waals surface area contributed by atoms with Crippen LogP contribution in [-0.4, -0.2) is 41.1 Å². The van der Waals surface area contributed by atoms with Crippen LogP contribution in [-0.2, 0) is 4.79 Å². The Morgan fingerprint density at radius 2 is 2.10 bits per heavy atom. The normalized spacial score (nSPS) is 24.4. The third kappa shape index (κ3) is 3.16. The second kappa shape index (κ2) is 5.88. The topological polar surface area (TPSA) is 78.9 Å². The molecule has 2 unspecified atom stereocenters. The van der Waals surface area contributed by atoms with Gasteiger partial charge in [0.2, 0.25) is 5.91 Å². The Labute approximate surface area is 115 Å². The molecule has 5 nitrogen and oxygen atoms in total. The lowest BCUT2D eigenvalue weighted by Gasteiger charge is -2.38. The maximum atomic E-state index is 12.8. The summed E-state index contributed by atoms with van der Waals surface area (Å²) in [4.78, 5) is 13.6. The maximum absolute atomic E-state index is 12.8. The van der Waals surface area contributed by atoms with Crippen LogP contribution < -0.4 is 5.73 Å². The summed E-state index contributed by atoms with van der Waals surface area (Å²) in [5.41, 5.74) is 4.24. The number of carbonyl (C=O) groups excluding carboxylic acids is 1. The molecule has 0 aromatic carbocycles. The van der Waals surface area contributed by atoms with Crippen LogP contribution in [0.2, 0.25) is 0 Å². The first-order valence-electron chi connectivity index (χ1n) is 6.51. The number of likely N-dealkylation sites (tertiary alicyclic amines) is 1. The monoisotopic (exact) mass is 295 g/mol. The van der Waals surface area contributed by atoms with E-state index in [2.05, 4.69) is 5.16 Å². The van der Waals surface area contributed by atoms with E-state index >= 15 is 0 Å². The molecule has 1 rings (SSSR count). The molecule has 1 amide bonds. The lowest BCUT2D eigenvalue weighted by Crippen LogP contribution is -2.53. The van der Waals surface area contributed by atoms with Gasteiger partial charge in [-0.05, 0) is 26.2 Å². The largest absolute Gasteiger partial charge is 0.409 e. The van der Waals surface area contributed by atoms with Crippen LogP contribution in [0.25, 0.3) is 0 Å². The predicted molar refractivity (Wildman–Crippen MR) is 67.2 cm³/mol. The summed E-state index contributed by atoms with van der Waals surface area (Å²) in [6.07, 6.45) is -3.74. The molecule has 0 bridgehead atoms. The van der Waals surface area contributed by atoms with Crippen molar-refractivity contribution in [2.75, 3.05) is 13.1 Å². The lowest BCUT2D eigenvalue weighted by atomic mass is 9.83. The zero-order valence-corrected chi connectivity index (χ0v) is 11.6. The summed E-state index contributed by atoms with van der Waals surface area (Å²) in [5.74, 6) is -2.31. The van der Waals surface area contributed by atoms with Crippen molar-refractivity contribution in [2.24, 2.45) is 22.2 Å². The summed E-state index contributed by atoms with van der Waals surface area (Å²) in [6.45, 7) is 3.04. The van der Waals surface area contributed by atoms with Crippen molar-refractivity contribution in [1.82, 2.24) is 4.90 Å². The molecule has 0 aromatic heterocycles. The molecule has 1 aliphatic heterocycles. The molecule has 8 heteroatoms. The van der Waals surface area contributed by atoms with Gasteiger partial charge in [-0.2, -0.15) is 13.2 Å². The second-order valence-electron chi connectivity index (χ2n) is 5.30. The fourth-order valence-corrected chi connectivity index (χ4v) is 2.33. The van der Waals surface area contributed by atoms with Crippen molar-refractivity contribution in [2.45, 2.75) is 39.3 Å². The van der Waals surface area contributed by atoms with Crippen LogP contribution in [0.4, 0.5) is 13.2 Å². The Morgan fingerprint density at radius 3 is 2.55 bits per heavy atom. The predicted octanol–water partition coefficient (Wildman–Crippen LogP) is 1.95. The van der Waals surface area contributed by atoms with Gasteiger partial charge in [0.1, 0.15) is 5.41 Å². The van der Waals surface area contributed by atoms with E-state index in [1.54, 1.807) is 6.92 Å². The van der Waals surface area contributed by atoms with E-state index in [0.29, 0.717) is 6.42 Å². The van der Waals surface area contributed by atoms with Gasteiger partial charge in [0.05, 0.1) is 5.92 Å². The molecular formula is C12H20F3N3O2. The summed E-state index contributed by atoms with van der Waals surface area (Å²) in [5, 5.41) is 11.6. The second-order valence-corrected chi connectivity index (χ2v) is 5.30. The van der Waals surface area contributed by atoms with E-state index in [1.807, 2.05) is 0 Å². The number of amides is 1. The number of nitrogens with two attached hydrogens (primary N) is 1. The number of alkyl halides is 3. The van der Waals surface area contributed by atoms with Gasteiger partial charge in [-0.15, -0.1) is 0 Å². The Balaban J connectivity index is 2.91. The minimum Gasteiger partial charge on any atom is -0.409 e. The number of hydrogen-bond acceptors (Lipinski definition) is 3. The molecule has 3 N–H and O–H groups in total. The van der Waals surface area contributed by atoms with Gasteiger partial charge < -0.3 is 15.8 Å². The first-order valence-corrected chi connectivity index (χ1v) is 6.51. The molecule has 2 atom stereocenters. The number of amidine groups is 1. The van der Waals surface area contributed by atoms with Crippen LogP contribution in [0.1, 0.15) is 33.1 Å². The Hall–Kier alpha value is -1.47. The van der Waals surface area contributed by atoms with E-state index in [-0.39, 0.29) is 31.8 Å². The van der Waals surface area contributed by atoms with Gasteiger partial charge >= 0.3 is 6.18 Å². The van der Waals surface area contributed by atoms with Crippen molar-refractivity contribution in [3.05, 3.63) is 0 Å². The molecule has 1 fully saturated rings. The molecular weight excluding hydrogens is 275 g/mol. The SMILES string of the molecule is CCC(C)(C(=O)N1CCCC(C(F)(F)F)C1)C(N)=NO. The average Bonchev–Trinajstić information content (AvgIpc) is 2.43. The quantitative estimate of drug-likeness (QED) is 0.361. The molecule has 0 radical (unpaired) electrons. The van der Waals surface area contributed by atoms with E-state index in [4.69, 9.17) is 10.9 Å². The number of rotatable bonds is 3. The van der Waals surface area contributed by atoms with Gasteiger partial charge in [0.15, 0.2) is 5.84 Å².